The molecular formula is C13H18F2N2O3. The summed E-state index contributed by atoms with van der Waals surface area (Å²) in [4.78, 5) is 11.7. The largest absolute Gasteiger partial charge is 0.434 e. The fourth-order valence-electron chi connectivity index (χ4n) is 1.65. The molecule has 0 saturated carbocycles. The average Bonchev–Trinajstić information content (AvgIpc) is 2.33. The Bertz CT molecular complexity index is 455. The molecule has 112 valence electrons. The minimum atomic E-state index is -2.90. The van der Waals surface area contributed by atoms with E-state index in [-0.39, 0.29) is 11.8 Å². The molecular weight excluding hydrogens is 270 g/mol. The maximum Gasteiger partial charge on any atom is 0.387 e. The molecule has 2 amide bonds. The molecule has 1 unspecified atom stereocenters. The van der Waals surface area contributed by atoms with E-state index >= 15 is 0 Å². The van der Waals surface area contributed by atoms with Crippen LogP contribution in [0.3, 0.4) is 0 Å². The monoisotopic (exact) mass is 288 g/mol. The van der Waals surface area contributed by atoms with E-state index in [9.17, 15) is 13.6 Å². The van der Waals surface area contributed by atoms with Crippen LogP contribution in [0.15, 0.2) is 18.2 Å². The van der Waals surface area contributed by atoms with Gasteiger partial charge in [-0.1, -0.05) is 6.07 Å². The van der Waals surface area contributed by atoms with Gasteiger partial charge in [0.1, 0.15) is 5.75 Å². The number of hydrogen-bond acceptors (Lipinski definition) is 3. The van der Waals surface area contributed by atoms with Crippen molar-refractivity contribution in [3.05, 3.63) is 23.8 Å². The number of urea groups is 1. The van der Waals surface area contributed by atoms with E-state index in [1.165, 1.54) is 19.2 Å². The van der Waals surface area contributed by atoms with Gasteiger partial charge in [-0.05, 0) is 26.0 Å². The molecule has 1 aromatic rings. The number of carbonyl (C=O) groups is 1. The first-order chi connectivity index (χ1) is 9.43. The van der Waals surface area contributed by atoms with Gasteiger partial charge in [-0.15, -0.1) is 0 Å². The SMILES string of the molecule is COCC(C)NC(=O)Nc1cccc(OC(F)F)c1C. The number of rotatable bonds is 6. The number of methoxy groups -OCH3 is 1. The number of nitrogens with one attached hydrogen (secondary N) is 2. The fourth-order valence-corrected chi connectivity index (χ4v) is 1.65. The second-order valence-corrected chi connectivity index (χ2v) is 4.26. The first kappa shape index (κ1) is 16.2. The predicted octanol–water partition coefficient (Wildman–Crippen LogP) is 2.75. The second-order valence-electron chi connectivity index (χ2n) is 4.26. The molecule has 0 radical (unpaired) electrons. The Morgan fingerprint density at radius 3 is 2.70 bits per heavy atom. The van der Waals surface area contributed by atoms with Crippen LogP contribution in [0.1, 0.15) is 12.5 Å². The predicted molar refractivity (Wildman–Crippen MR) is 71.3 cm³/mol. The number of benzene rings is 1. The number of halogens is 2. The van der Waals surface area contributed by atoms with Gasteiger partial charge in [-0.25, -0.2) is 4.79 Å². The van der Waals surface area contributed by atoms with E-state index < -0.39 is 12.6 Å². The summed E-state index contributed by atoms with van der Waals surface area (Å²) in [6.07, 6.45) is 0. The van der Waals surface area contributed by atoms with Gasteiger partial charge in [-0.2, -0.15) is 8.78 Å². The molecule has 0 aliphatic rings. The lowest BCUT2D eigenvalue weighted by atomic mass is 10.2. The smallest absolute Gasteiger partial charge is 0.387 e. The van der Waals surface area contributed by atoms with Crippen LogP contribution in [0.4, 0.5) is 19.3 Å². The van der Waals surface area contributed by atoms with Gasteiger partial charge in [0.05, 0.1) is 12.6 Å². The lowest BCUT2D eigenvalue weighted by Gasteiger charge is -2.16. The number of ether oxygens (including phenoxy) is 2. The first-order valence-electron chi connectivity index (χ1n) is 6.05. The molecule has 2 N–H and O–H groups in total. The molecule has 0 heterocycles. The van der Waals surface area contributed by atoms with Crippen LogP contribution < -0.4 is 15.4 Å². The number of alkyl halides is 2. The zero-order chi connectivity index (χ0) is 15.1. The molecule has 0 spiro atoms. The summed E-state index contributed by atoms with van der Waals surface area (Å²) in [5, 5.41) is 5.24. The van der Waals surface area contributed by atoms with E-state index in [0.29, 0.717) is 17.9 Å². The molecule has 20 heavy (non-hydrogen) atoms. The third kappa shape index (κ3) is 5.00. The van der Waals surface area contributed by atoms with Crippen LogP contribution in [0, 0.1) is 6.92 Å². The molecule has 0 aromatic heterocycles. The van der Waals surface area contributed by atoms with Gasteiger partial charge < -0.3 is 20.1 Å². The maximum atomic E-state index is 12.2. The van der Waals surface area contributed by atoms with Gasteiger partial charge in [0.2, 0.25) is 0 Å². The summed E-state index contributed by atoms with van der Waals surface area (Å²) in [7, 11) is 1.53. The number of anilines is 1. The van der Waals surface area contributed by atoms with Gasteiger partial charge >= 0.3 is 12.6 Å². The first-order valence-corrected chi connectivity index (χ1v) is 6.05. The molecule has 1 rings (SSSR count). The maximum absolute atomic E-state index is 12.2. The van der Waals surface area contributed by atoms with Crippen molar-refractivity contribution in [2.75, 3.05) is 19.0 Å². The van der Waals surface area contributed by atoms with Crippen LogP contribution in [0.25, 0.3) is 0 Å². The van der Waals surface area contributed by atoms with Gasteiger partial charge in [0, 0.05) is 18.4 Å². The van der Waals surface area contributed by atoms with E-state index in [4.69, 9.17) is 4.74 Å². The van der Waals surface area contributed by atoms with Gasteiger partial charge in [-0.3, -0.25) is 0 Å². The topological polar surface area (TPSA) is 59.6 Å². The van der Waals surface area contributed by atoms with Crippen molar-refractivity contribution < 1.29 is 23.0 Å². The van der Waals surface area contributed by atoms with Gasteiger partial charge in [0.15, 0.2) is 0 Å². The Hall–Kier alpha value is -1.89. The van der Waals surface area contributed by atoms with Crippen molar-refractivity contribution in [3.8, 4) is 5.75 Å². The quantitative estimate of drug-likeness (QED) is 0.846. The third-order valence-electron chi connectivity index (χ3n) is 2.54. The lowest BCUT2D eigenvalue weighted by molar-refractivity contribution is -0.0502. The number of amides is 2. The molecule has 0 saturated heterocycles. The van der Waals surface area contributed by atoms with Crippen LogP contribution in [-0.2, 0) is 4.74 Å². The highest BCUT2D eigenvalue weighted by Crippen LogP contribution is 2.26. The van der Waals surface area contributed by atoms with Crippen LogP contribution in [0.2, 0.25) is 0 Å². The van der Waals surface area contributed by atoms with E-state index in [0.717, 1.165) is 0 Å². The van der Waals surface area contributed by atoms with E-state index in [1.54, 1.807) is 19.9 Å². The summed E-state index contributed by atoms with van der Waals surface area (Å²) in [5.41, 5.74) is 0.840. The molecule has 0 aliphatic carbocycles. The van der Waals surface area contributed by atoms with Crippen molar-refractivity contribution in [2.24, 2.45) is 0 Å². The summed E-state index contributed by atoms with van der Waals surface area (Å²) in [6.45, 7) is 0.846. The number of carbonyl (C=O) groups excluding carboxylic acids is 1. The molecule has 1 atom stereocenters. The van der Waals surface area contributed by atoms with E-state index in [2.05, 4.69) is 15.4 Å². The zero-order valence-corrected chi connectivity index (χ0v) is 11.6. The second kappa shape index (κ2) is 7.64. The van der Waals surface area contributed by atoms with E-state index in [1.807, 2.05) is 0 Å². The normalized spacial score (nSPS) is 12.1. The standard InChI is InChI=1S/C13H18F2N2O3/c1-8(7-19-3)16-13(18)17-10-5-4-6-11(9(10)2)20-12(14)15/h4-6,8,12H,7H2,1-3H3,(H2,16,17,18). The Balaban J connectivity index is 2.70. The minimum absolute atomic E-state index is 0.0303. The van der Waals surface area contributed by atoms with Crippen molar-refractivity contribution in [1.29, 1.82) is 0 Å². The Morgan fingerprint density at radius 1 is 1.40 bits per heavy atom. The molecule has 7 heteroatoms. The van der Waals surface area contributed by atoms with Crippen molar-refractivity contribution >= 4 is 11.7 Å². The Kier molecular flexibility index (Phi) is 6.17. The summed E-state index contributed by atoms with van der Waals surface area (Å²) >= 11 is 0. The summed E-state index contributed by atoms with van der Waals surface area (Å²) in [5.74, 6) is 0.0303. The van der Waals surface area contributed by atoms with Crippen LogP contribution in [0.5, 0.6) is 5.75 Å². The molecule has 0 bridgehead atoms. The Morgan fingerprint density at radius 2 is 2.10 bits per heavy atom. The third-order valence-corrected chi connectivity index (χ3v) is 2.54. The molecule has 1 aromatic carbocycles. The molecule has 0 aliphatic heterocycles. The van der Waals surface area contributed by atoms with Gasteiger partial charge in [0.25, 0.3) is 0 Å². The highest BCUT2D eigenvalue weighted by Gasteiger charge is 2.12. The van der Waals surface area contributed by atoms with Crippen LogP contribution >= 0.6 is 0 Å². The molecule has 5 nitrogen and oxygen atoms in total. The fraction of sp³-hybridized carbons (Fsp3) is 0.462. The number of hydrogen-bond donors (Lipinski definition) is 2. The molecule has 0 fully saturated rings. The van der Waals surface area contributed by atoms with Crippen molar-refractivity contribution in [3.63, 3.8) is 0 Å². The van der Waals surface area contributed by atoms with Crippen LogP contribution in [-0.4, -0.2) is 32.4 Å². The zero-order valence-electron chi connectivity index (χ0n) is 11.6. The minimum Gasteiger partial charge on any atom is -0.434 e. The van der Waals surface area contributed by atoms with Crippen molar-refractivity contribution in [1.82, 2.24) is 5.32 Å². The summed E-state index contributed by atoms with van der Waals surface area (Å²) in [6, 6.07) is 3.94. The lowest BCUT2D eigenvalue weighted by Crippen LogP contribution is -2.38. The average molecular weight is 288 g/mol. The van der Waals surface area contributed by atoms with Crippen molar-refractivity contribution in [2.45, 2.75) is 26.5 Å². The summed E-state index contributed by atoms with van der Waals surface area (Å²) < 4.78 is 33.7. The Labute approximate surface area is 116 Å². The highest BCUT2D eigenvalue weighted by molar-refractivity contribution is 5.90. The highest BCUT2D eigenvalue weighted by atomic mass is 19.3.